The minimum Gasteiger partial charge on any atom is -0.493 e. The average Bonchev–Trinajstić information content (AvgIpc) is 2.67. The third-order valence-corrected chi connectivity index (χ3v) is 3.73. The first-order valence-electron chi connectivity index (χ1n) is 7.80. The van der Waals surface area contributed by atoms with Crippen molar-refractivity contribution in [3.05, 3.63) is 47.5 Å². The molecule has 0 aromatic heterocycles. The molecule has 138 valence electrons. The lowest BCUT2D eigenvalue weighted by Crippen LogP contribution is -2.15. The van der Waals surface area contributed by atoms with E-state index in [2.05, 4.69) is 10.1 Å². The Hall–Kier alpha value is -3.22. The molecule has 2 aromatic rings. The van der Waals surface area contributed by atoms with Gasteiger partial charge in [-0.3, -0.25) is 4.79 Å². The Morgan fingerprint density at radius 2 is 1.50 bits per heavy atom. The van der Waals surface area contributed by atoms with E-state index in [0.29, 0.717) is 34.1 Å². The van der Waals surface area contributed by atoms with Gasteiger partial charge in [0.1, 0.15) is 0 Å². The monoisotopic (exact) mass is 359 g/mol. The van der Waals surface area contributed by atoms with Gasteiger partial charge in [0.25, 0.3) is 0 Å². The van der Waals surface area contributed by atoms with Gasteiger partial charge < -0.3 is 24.3 Å². The first kappa shape index (κ1) is 19.1. The lowest BCUT2D eigenvalue weighted by Gasteiger charge is -2.15. The molecule has 7 heteroatoms. The van der Waals surface area contributed by atoms with Crippen LogP contribution in [0.1, 0.15) is 15.9 Å². The summed E-state index contributed by atoms with van der Waals surface area (Å²) in [5.74, 6) is 0.733. The van der Waals surface area contributed by atoms with E-state index in [-0.39, 0.29) is 12.3 Å². The molecule has 0 atom stereocenters. The number of benzene rings is 2. The number of hydrogen-bond donors (Lipinski definition) is 1. The van der Waals surface area contributed by atoms with Crippen LogP contribution in [0, 0.1) is 0 Å². The smallest absolute Gasteiger partial charge is 0.337 e. The molecule has 0 aliphatic carbocycles. The van der Waals surface area contributed by atoms with Gasteiger partial charge in [-0.15, -0.1) is 0 Å². The maximum Gasteiger partial charge on any atom is 0.337 e. The largest absolute Gasteiger partial charge is 0.493 e. The minimum atomic E-state index is -0.432. The number of methoxy groups -OCH3 is 4. The maximum atomic E-state index is 12.3. The summed E-state index contributed by atoms with van der Waals surface area (Å²) in [6.07, 6.45) is 0.0856. The molecule has 7 nitrogen and oxygen atoms in total. The summed E-state index contributed by atoms with van der Waals surface area (Å²) in [4.78, 5) is 23.8. The highest BCUT2D eigenvalue weighted by Gasteiger charge is 2.18. The topological polar surface area (TPSA) is 83.1 Å². The van der Waals surface area contributed by atoms with Crippen LogP contribution in [0.15, 0.2) is 36.4 Å². The predicted octanol–water partition coefficient (Wildman–Crippen LogP) is 2.68. The molecule has 0 aliphatic rings. The average molecular weight is 359 g/mol. The molecule has 1 N–H and O–H groups in total. The summed E-state index contributed by atoms with van der Waals surface area (Å²) < 4.78 is 20.6. The van der Waals surface area contributed by atoms with Crippen LogP contribution in [0.2, 0.25) is 0 Å². The van der Waals surface area contributed by atoms with Gasteiger partial charge in [-0.2, -0.15) is 0 Å². The van der Waals surface area contributed by atoms with Gasteiger partial charge >= 0.3 is 5.97 Å². The van der Waals surface area contributed by atoms with E-state index in [1.54, 1.807) is 36.4 Å². The molecular weight excluding hydrogens is 338 g/mol. The number of carbonyl (C=O) groups is 2. The van der Waals surface area contributed by atoms with Gasteiger partial charge in [0.15, 0.2) is 11.5 Å². The standard InChI is InChI=1S/C19H21NO6/c1-23-15-10-7-13(17(24-2)18(15)25-3)11-16(21)20-14-8-5-12(6-9-14)19(22)26-4/h5-10H,11H2,1-4H3,(H,20,21). The Bertz CT molecular complexity index is 785. The van der Waals surface area contributed by atoms with Crippen molar-refractivity contribution in [3.63, 3.8) is 0 Å². The number of esters is 1. The predicted molar refractivity (Wildman–Crippen MR) is 96.2 cm³/mol. The van der Waals surface area contributed by atoms with Crippen LogP contribution < -0.4 is 19.5 Å². The summed E-state index contributed by atoms with van der Waals surface area (Å²) in [5.41, 5.74) is 1.64. The first-order valence-corrected chi connectivity index (χ1v) is 7.80. The van der Waals surface area contributed by atoms with Crippen LogP contribution in [0.5, 0.6) is 17.2 Å². The van der Waals surface area contributed by atoms with Crippen molar-refractivity contribution in [3.8, 4) is 17.2 Å². The SMILES string of the molecule is COC(=O)c1ccc(NC(=O)Cc2ccc(OC)c(OC)c2OC)cc1. The lowest BCUT2D eigenvalue weighted by atomic mass is 10.1. The fraction of sp³-hybridized carbons (Fsp3) is 0.263. The van der Waals surface area contributed by atoms with Crippen molar-refractivity contribution in [1.29, 1.82) is 0 Å². The number of ether oxygens (including phenoxy) is 4. The van der Waals surface area contributed by atoms with E-state index in [0.717, 1.165) is 0 Å². The Balaban J connectivity index is 2.14. The van der Waals surface area contributed by atoms with Gasteiger partial charge in [0, 0.05) is 11.3 Å². The van der Waals surface area contributed by atoms with E-state index in [1.165, 1.54) is 28.4 Å². The van der Waals surface area contributed by atoms with Gasteiger partial charge in [0.2, 0.25) is 11.7 Å². The normalized spacial score (nSPS) is 10.0. The summed E-state index contributed by atoms with van der Waals surface area (Å²) >= 11 is 0. The van der Waals surface area contributed by atoms with E-state index in [9.17, 15) is 9.59 Å². The molecule has 2 rings (SSSR count). The van der Waals surface area contributed by atoms with E-state index >= 15 is 0 Å². The van der Waals surface area contributed by atoms with E-state index in [1.807, 2.05) is 0 Å². The van der Waals surface area contributed by atoms with Gasteiger partial charge in [-0.1, -0.05) is 6.07 Å². The minimum absolute atomic E-state index is 0.0856. The first-order chi connectivity index (χ1) is 12.5. The van der Waals surface area contributed by atoms with Crippen LogP contribution in [-0.4, -0.2) is 40.3 Å². The molecule has 0 fully saturated rings. The molecule has 0 spiro atoms. The third kappa shape index (κ3) is 4.24. The highest BCUT2D eigenvalue weighted by atomic mass is 16.5. The molecule has 1 amide bonds. The molecule has 0 saturated carbocycles. The maximum absolute atomic E-state index is 12.3. The number of rotatable bonds is 7. The molecule has 0 radical (unpaired) electrons. The second-order valence-corrected chi connectivity index (χ2v) is 5.29. The van der Waals surface area contributed by atoms with Gasteiger partial charge in [-0.25, -0.2) is 4.79 Å². The Labute approximate surface area is 151 Å². The Kier molecular flexibility index (Phi) is 6.43. The third-order valence-electron chi connectivity index (χ3n) is 3.73. The van der Waals surface area contributed by atoms with Gasteiger partial charge in [0.05, 0.1) is 40.4 Å². The number of anilines is 1. The summed E-state index contributed by atoms with van der Waals surface area (Å²) in [6.45, 7) is 0. The van der Waals surface area contributed by atoms with Crippen LogP contribution in [-0.2, 0) is 16.0 Å². The van der Waals surface area contributed by atoms with Gasteiger partial charge in [-0.05, 0) is 30.3 Å². The van der Waals surface area contributed by atoms with Crippen molar-refractivity contribution in [2.24, 2.45) is 0 Å². The summed E-state index contributed by atoms with van der Waals surface area (Å²) in [7, 11) is 5.85. The molecule has 2 aromatic carbocycles. The molecule has 26 heavy (non-hydrogen) atoms. The Morgan fingerprint density at radius 3 is 2.04 bits per heavy atom. The molecule has 0 bridgehead atoms. The summed E-state index contributed by atoms with van der Waals surface area (Å²) in [5, 5.41) is 2.77. The van der Waals surface area contributed by atoms with Crippen LogP contribution in [0.4, 0.5) is 5.69 Å². The van der Waals surface area contributed by atoms with Crippen molar-refractivity contribution >= 4 is 17.6 Å². The number of amides is 1. The highest BCUT2D eigenvalue weighted by molar-refractivity contribution is 5.94. The van der Waals surface area contributed by atoms with Crippen LogP contribution >= 0.6 is 0 Å². The van der Waals surface area contributed by atoms with E-state index in [4.69, 9.17) is 14.2 Å². The van der Waals surface area contributed by atoms with Crippen molar-refractivity contribution in [2.45, 2.75) is 6.42 Å². The van der Waals surface area contributed by atoms with Crippen molar-refractivity contribution in [1.82, 2.24) is 0 Å². The molecule has 0 heterocycles. The quantitative estimate of drug-likeness (QED) is 0.766. The zero-order chi connectivity index (χ0) is 19.1. The van der Waals surface area contributed by atoms with Crippen LogP contribution in [0.25, 0.3) is 0 Å². The molecular formula is C19H21NO6. The fourth-order valence-electron chi connectivity index (χ4n) is 2.49. The second-order valence-electron chi connectivity index (χ2n) is 5.29. The fourth-order valence-corrected chi connectivity index (χ4v) is 2.49. The van der Waals surface area contributed by atoms with Crippen molar-refractivity contribution < 1.29 is 28.5 Å². The zero-order valence-corrected chi connectivity index (χ0v) is 15.1. The summed E-state index contributed by atoms with van der Waals surface area (Å²) in [6, 6.07) is 9.90. The lowest BCUT2D eigenvalue weighted by molar-refractivity contribution is -0.115. The number of nitrogens with one attached hydrogen (secondary N) is 1. The molecule has 0 unspecified atom stereocenters. The van der Waals surface area contributed by atoms with E-state index < -0.39 is 5.97 Å². The highest BCUT2D eigenvalue weighted by Crippen LogP contribution is 2.39. The molecule has 0 aliphatic heterocycles. The van der Waals surface area contributed by atoms with Crippen molar-refractivity contribution in [2.75, 3.05) is 33.8 Å². The second kappa shape index (κ2) is 8.75. The zero-order valence-electron chi connectivity index (χ0n) is 15.1. The number of hydrogen-bond acceptors (Lipinski definition) is 6. The Morgan fingerprint density at radius 1 is 0.846 bits per heavy atom. The number of carbonyl (C=O) groups excluding carboxylic acids is 2. The molecule has 0 saturated heterocycles. The van der Waals surface area contributed by atoms with Crippen LogP contribution in [0.3, 0.4) is 0 Å².